The molecule has 184 valence electrons. The van der Waals surface area contributed by atoms with Gasteiger partial charge >= 0.3 is 5.97 Å². The van der Waals surface area contributed by atoms with Crippen molar-refractivity contribution in [1.29, 1.82) is 0 Å². The Morgan fingerprint density at radius 1 is 0.972 bits per heavy atom. The molecule has 4 N–H and O–H groups in total. The van der Waals surface area contributed by atoms with Crippen LogP contribution in [0.4, 0.5) is 4.39 Å². The molecule has 4 rings (SSSR count). The fourth-order valence-corrected chi connectivity index (χ4v) is 3.90. The number of aromatic amines is 1. The summed E-state index contributed by atoms with van der Waals surface area (Å²) in [6.07, 6.45) is -1.19. The minimum atomic E-state index is -1.18. The molecule has 0 radical (unpaired) electrons. The minimum absolute atomic E-state index is 0.0244. The van der Waals surface area contributed by atoms with Crippen LogP contribution in [0.15, 0.2) is 72.8 Å². The first-order valence-corrected chi connectivity index (χ1v) is 11.3. The zero-order valence-corrected chi connectivity index (χ0v) is 19.7. The SMILES string of the molecule is CC(C)(CC(O)c1cccc(C(O)=C(C(=O)c2cccc(F)c2)c2nc3ccccc3[nH]2)c1)C(=O)O. The lowest BCUT2D eigenvalue weighted by molar-refractivity contribution is -0.148. The first-order chi connectivity index (χ1) is 17.1. The van der Waals surface area contributed by atoms with Gasteiger partial charge in [-0.05, 0) is 56.2 Å². The highest BCUT2D eigenvalue weighted by molar-refractivity contribution is 6.33. The van der Waals surface area contributed by atoms with Crippen LogP contribution < -0.4 is 0 Å². The number of H-pyrrole nitrogens is 1. The van der Waals surface area contributed by atoms with Crippen molar-refractivity contribution < 1.29 is 29.3 Å². The summed E-state index contributed by atoms with van der Waals surface area (Å²) in [6, 6.07) is 18.5. The molecule has 0 aliphatic rings. The number of aliphatic hydroxyl groups excluding tert-OH is 2. The standard InChI is InChI=1S/C28H25FN2O5/c1-28(2,27(35)36)15-22(32)16-7-5-8-17(13-16)24(33)23(25(34)18-9-6-10-19(29)14-18)26-30-20-11-3-4-12-21(20)31-26/h3-14,22,32-33H,15H2,1-2H3,(H,30,31)(H,35,36). The second-order valence-electron chi connectivity index (χ2n) is 9.20. The predicted octanol–water partition coefficient (Wildman–Crippen LogP) is 5.55. The molecule has 36 heavy (non-hydrogen) atoms. The van der Waals surface area contributed by atoms with Gasteiger partial charge in [0.2, 0.25) is 5.78 Å². The van der Waals surface area contributed by atoms with E-state index in [0.29, 0.717) is 16.6 Å². The summed E-state index contributed by atoms with van der Waals surface area (Å²) < 4.78 is 13.9. The Morgan fingerprint density at radius 3 is 2.36 bits per heavy atom. The number of aromatic nitrogens is 2. The summed E-state index contributed by atoms with van der Waals surface area (Å²) in [6.45, 7) is 3.02. The topological polar surface area (TPSA) is 124 Å². The number of carboxylic acids is 1. The van der Waals surface area contributed by atoms with E-state index < -0.39 is 34.8 Å². The van der Waals surface area contributed by atoms with E-state index in [2.05, 4.69) is 9.97 Å². The molecule has 0 bridgehead atoms. The van der Waals surface area contributed by atoms with E-state index >= 15 is 0 Å². The number of ketones is 1. The van der Waals surface area contributed by atoms with Crippen LogP contribution in [0.3, 0.4) is 0 Å². The third-order valence-corrected chi connectivity index (χ3v) is 6.00. The number of rotatable bonds is 8. The number of fused-ring (bicyclic) bond motifs is 1. The lowest BCUT2D eigenvalue weighted by atomic mass is 9.84. The van der Waals surface area contributed by atoms with E-state index in [-0.39, 0.29) is 28.9 Å². The molecule has 1 heterocycles. The van der Waals surface area contributed by atoms with Crippen LogP contribution in [-0.2, 0) is 4.79 Å². The Hall–Kier alpha value is -4.30. The quantitative estimate of drug-likeness (QED) is 0.147. The molecule has 8 heteroatoms. The summed E-state index contributed by atoms with van der Waals surface area (Å²) in [5, 5.41) is 31.4. The van der Waals surface area contributed by atoms with E-state index in [1.807, 2.05) is 0 Å². The van der Waals surface area contributed by atoms with Gasteiger partial charge in [0.25, 0.3) is 0 Å². The number of carboxylic acid groups (broad SMARTS) is 1. The van der Waals surface area contributed by atoms with Crippen LogP contribution in [0, 0.1) is 11.2 Å². The molecule has 0 amide bonds. The van der Waals surface area contributed by atoms with Crippen molar-refractivity contribution in [1.82, 2.24) is 9.97 Å². The predicted molar refractivity (Wildman–Crippen MR) is 134 cm³/mol. The highest BCUT2D eigenvalue weighted by Gasteiger charge is 2.31. The van der Waals surface area contributed by atoms with Gasteiger partial charge in [0.1, 0.15) is 23.0 Å². The van der Waals surface area contributed by atoms with Crippen LogP contribution in [0.5, 0.6) is 0 Å². The number of Topliss-reactive ketones (excluding diaryl/α,β-unsaturated/α-hetero) is 1. The number of aliphatic hydroxyl groups is 2. The first kappa shape index (κ1) is 24.8. The summed E-state index contributed by atoms with van der Waals surface area (Å²) >= 11 is 0. The molecule has 0 spiro atoms. The minimum Gasteiger partial charge on any atom is -0.506 e. The number of carbonyl (C=O) groups excluding carboxylic acids is 1. The Bertz CT molecular complexity index is 1460. The van der Waals surface area contributed by atoms with E-state index in [1.165, 1.54) is 38.1 Å². The molecule has 0 aliphatic heterocycles. The number of benzene rings is 3. The highest BCUT2D eigenvalue weighted by atomic mass is 19.1. The molecular formula is C28H25FN2O5. The number of carbonyl (C=O) groups is 2. The molecule has 0 saturated carbocycles. The van der Waals surface area contributed by atoms with Gasteiger partial charge in [0, 0.05) is 11.1 Å². The normalized spacial score (nSPS) is 13.3. The van der Waals surface area contributed by atoms with Crippen LogP contribution in [0.1, 0.15) is 53.7 Å². The lowest BCUT2D eigenvalue weighted by Gasteiger charge is -2.23. The van der Waals surface area contributed by atoms with Gasteiger partial charge in [0.15, 0.2) is 0 Å². The average molecular weight is 489 g/mol. The smallest absolute Gasteiger partial charge is 0.309 e. The van der Waals surface area contributed by atoms with Gasteiger partial charge in [0.05, 0.1) is 22.6 Å². The zero-order valence-electron chi connectivity index (χ0n) is 19.7. The van der Waals surface area contributed by atoms with Gasteiger partial charge < -0.3 is 20.3 Å². The molecule has 3 aromatic carbocycles. The number of nitrogens with zero attached hydrogens (tertiary/aromatic N) is 1. The van der Waals surface area contributed by atoms with Crippen LogP contribution in [-0.4, -0.2) is 37.0 Å². The van der Waals surface area contributed by atoms with Gasteiger partial charge in [-0.3, -0.25) is 9.59 Å². The van der Waals surface area contributed by atoms with Crippen LogP contribution in [0.2, 0.25) is 0 Å². The zero-order chi connectivity index (χ0) is 26.0. The Labute approximate surface area is 206 Å². The number of imidazole rings is 1. The van der Waals surface area contributed by atoms with E-state index in [0.717, 1.165) is 6.07 Å². The summed E-state index contributed by atoms with van der Waals surface area (Å²) in [5.74, 6) is -2.62. The third kappa shape index (κ3) is 5.04. The van der Waals surface area contributed by atoms with Gasteiger partial charge in [-0.2, -0.15) is 0 Å². The first-order valence-electron chi connectivity index (χ1n) is 11.3. The van der Waals surface area contributed by atoms with E-state index in [4.69, 9.17) is 0 Å². The number of halogens is 1. The summed E-state index contributed by atoms with van der Waals surface area (Å²) in [4.78, 5) is 32.5. The summed E-state index contributed by atoms with van der Waals surface area (Å²) in [5.41, 5.74) is 0.469. The van der Waals surface area contributed by atoms with Crippen molar-refractivity contribution >= 4 is 34.1 Å². The fraction of sp³-hybridized carbons (Fsp3) is 0.179. The van der Waals surface area contributed by atoms with E-state index in [9.17, 15) is 29.3 Å². The maximum Gasteiger partial charge on any atom is 0.309 e. The average Bonchev–Trinajstić information content (AvgIpc) is 3.27. The second-order valence-corrected chi connectivity index (χ2v) is 9.20. The van der Waals surface area contributed by atoms with Gasteiger partial charge in [-0.15, -0.1) is 0 Å². The van der Waals surface area contributed by atoms with Crippen molar-refractivity contribution in [2.24, 2.45) is 5.41 Å². The largest absolute Gasteiger partial charge is 0.506 e. The summed E-state index contributed by atoms with van der Waals surface area (Å²) in [7, 11) is 0. The van der Waals surface area contributed by atoms with Crippen LogP contribution >= 0.6 is 0 Å². The molecule has 1 unspecified atom stereocenters. The fourth-order valence-electron chi connectivity index (χ4n) is 3.90. The molecule has 1 aromatic heterocycles. The van der Waals surface area contributed by atoms with Crippen LogP contribution in [0.25, 0.3) is 22.4 Å². The third-order valence-electron chi connectivity index (χ3n) is 6.00. The maximum absolute atomic E-state index is 13.9. The van der Waals surface area contributed by atoms with Gasteiger partial charge in [-0.25, -0.2) is 9.37 Å². The van der Waals surface area contributed by atoms with Crippen molar-refractivity contribution in [3.05, 3.63) is 101 Å². The molecule has 1 atom stereocenters. The molecule has 0 fully saturated rings. The van der Waals surface area contributed by atoms with Crippen molar-refractivity contribution in [2.75, 3.05) is 0 Å². The number of hydrogen-bond donors (Lipinski definition) is 4. The Kier molecular flexibility index (Phi) is 6.72. The molecule has 4 aromatic rings. The monoisotopic (exact) mass is 488 g/mol. The number of para-hydroxylation sites is 2. The molecule has 7 nitrogen and oxygen atoms in total. The van der Waals surface area contributed by atoms with Crippen molar-refractivity contribution in [2.45, 2.75) is 26.4 Å². The Balaban J connectivity index is 1.83. The van der Waals surface area contributed by atoms with E-state index in [1.54, 1.807) is 42.5 Å². The Morgan fingerprint density at radius 2 is 1.67 bits per heavy atom. The van der Waals surface area contributed by atoms with Crippen molar-refractivity contribution in [3.8, 4) is 0 Å². The van der Waals surface area contributed by atoms with Gasteiger partial charge in [-0.1, -0.05) is 42.5 Å². The molecular weight excluding hydrogens is 463 g/mol. The number of nitrogens with one attached hydrogen (secondary N) is 1. The molecule has 0 saturated heterocycles. The van der Waals surface area contributed by atoms with Crippen molar-refractivity contribution in [3.63, 3.8) is 0 Å². The second kappa shape index (κ2) is 9.75. The maximum atomic E-state index is 13.9. The highest BCUT2D eigenvalue weighted by Crippen LogP contribution is 2.33. The number of aliphatic carboxylic acids is 1. The number of hydrogen-bond acceptors (Lipinski definition) is 5. The lowest BCUT2D eigenvalue weighted by Crippen LogP contribution is -2.26. The molecule has 0 aliphatic carbocycles. The number of allylic oxidation sites excluding steroid dienone is 1.